The van der Waals surface area contributed by atoms with Gasteiger partial charge in [0.05, 0.1) is 6.61 Å². The minimum absolute atomic E-state index is 0.0187. The zero-order valence-corrected chi connectivity index (χ0v) is 10.4. The molecule has 1 heterocycles. The Kier molecular flexibility index (Phi) is 4.41. The van der Waals surface area contributed by atoms with E-state index < -0.39 is 6.09 Å². The number of hydrogen-bond donors (Lipinski definition) is 2. The molecule has 0 aromatic heterocycles. The number of aliphatic hydroxyl groups is 1. The number of carbonyl (C=O) groups is 2. The van der Waals surface area contributed by atoms with Gasteiger partial charge in [-0.25, -0.2) is 4.79 Å². The molecule has 1 saturated carbocycles. The number of ether oxygens (including phenoxy) is 1. The van der Waals surface area contributed by atoms with Crippen LogP contribution in [0.1, 0.15) is 25.7 Å². The molecule has 2 rings (SSSR count). The van der Waals surface area contributed by atoms with Crippen LogP contribution in [0.15, 0.2) is 0 Å². The van der Waals surface area contributed by atoms with Crippen molar-refractivity contribution in [1.82, 2.24) is 10.2 Å². The van der Waals surface area contributed by atoms with Crippen molar-refractivity contribution in [3.63, 3.8) is 0 Å². The van der Waals surface area contributed by atoms with E-state index in [1.54, 1.807) is 0 Å². The molecule has 0 aromatic rings. The first-order valence-corrected chi connectivity index (χ1v) is 6.53. The molecule has 2 N–H and O–H groups in total. The van der Waals surface area contributed by atoms with E-state index in [1.165, 1.54) is 0 Å². The first-order valence-electron chi connectivity index (χ1n) is 6.53. The summed E-state index contributed by atoms with van der Waals surface area (Å²) in [6, 6.07) is 0.0689. The van der Waals surface area contributed by atoms with Gasteiger partial charge in [-0.2, -0.15) is 0 Å². The normalized spacial score (nSPS) is 20.6. The molecule has 0 spiro atoms. The number of carbonyl (C=O) groups excluding carboxylic acids is 2. The second-order valence-corrected chi connectivity index (χ2v) is 4.88. The third-order valence-corrected chi connectivity index (χ3v) is 3.38. The van der Waals surface area contributed by atoms with Gasteiger partial charge in [-0.15, -0.1) is 0 Å². The summed E-state index contributed by atoms with van der Waals surface area (Å²) in [5.41, 5.74) is 0. The molecule has 1 saturated heterocycles. The molecule has 102 valence electrons. The van der Waals surface area contributed by atoms with Crippen molar-refractivity contribution in [2.75, 3.05) is 26.3 Å². The molecular weight excluding hydrogens is 236 g/mol. The Labute approximate surface area is 106 Å². The number of rotatable bonds is 4. The number of aliphatic hydroxyl groups excluding tert-OH is 1. The zero-order valence-electron chi connectivity index (χ0n) is 10.4. The molecule has 18 heavy (non-hydrogen) atoms. The van der Waals surface area contributed by atoms with E-state index in [1.807, 2.05) is 4.90 Å². The number of nitrogens with one attached hydrogen (secondary N) is 1. The van der Waals surface area contributed by atoms with Crippen LogP contribution in [0.2, 0.25) is 0 Å². The largest absolute Gasteiger partial charge is 0.447 e. The van der Waals surface area contributed by atoms with Crippen LogP contribution in [-0.2, 0) is 9.53 Å². The average Bonchev–Trinajstić information content (AvgIpc) is 3.21. The van der Waals surface area contributed by atoms with Crippen molar-refractivity contribution in [3.05, 3.63) is 0 Å². The van der Waals surface area contributed by atoms with E-state index in [9.17, 15) is 9.59 Å². The lowest BCUT2D eigenvalue weighted by Gasteiger charge is -2.32. The third-order valence-electron chi connectivity index (χ3n) is 3.38. The van der Waals surface area contributed by atoms with Crippen LogP contribution in [0.3, 0.4) is 0 Å². The predicted octanol–water partition coefficient (Wildman–Crippen LogP) is 0.106. The van der Waals surface area contributed by atoms with Gasteiger partial charge in [0.1, 0.15) is 6.61 Å². The van der Waals surface area contributed by atoms with Crippen LogP contribution in [0.5, 0.6) is 0 Å². The minimum atomic E-state index is -0.490. The summed E-state index contributed by atoms with van der Waals surface area (Å²) < 4.78 is 4.74. The maximum absolute atomic E-state index is 11.8. The van der Waals surface area contributed by atoms with Crippen molar-refractivity contribution in [2.24, 2.45) is 5.92 Å². The topological polar surface area (TPSA) is 78.9 Å². The van der Waals surface area contributed by atoms with Crippen LogP contribution in [0.25, 0.3) is 0 Å². The fraction of sp³-hybridized carbons (Fsp3) is 0.833. The third kappa shape index (κ3) is 3.60. The SMILES string of the molecule is O=C(NC1CCN(C(=O)C2CC2)CC1)OCCO. The molecule has 0 bridgehead atoms. The van der Waals surface area contributed by atoms with Crippen LogP contribution in [-0.4, -0.2) is 54.4 Å². The van der Waals surface area contributed by atoms with Crippen molar-refractivity contribution in [3.8, 4) is 0 Å². The van der Waals surface area contributed by atoms with Crippen LogP contribution < -0.4 is 5.32 Å². The smallest absolute Gasteiger partial charge is 0.407 e. The van der Waals surface area contributed by atoms with Gasteiger partial charge in [-0.1, -0.05) is 0 Å². The molecule has 0 radical (unpaired) electrons. The van der Waals surface area contributed by atoms with E-state index in [-0.39, 0.29) is 31.1 Å². The monoisotopic (exact) mass is 256 g/mol. The number of alkyl carbamates (subject to hydrolysis) is 1. The number of hydrogen-bond acceptors (Lipinski definition) is 4. The van der Waals surface area contributed by atoms with Crippen molar-refractivity contribution < 1.29 is 19.4 Å². The van der Waals surface area contributed by atoms with E-state index in [2.05, 4.69) is 5.32 Å². The Morgan fingerprint density at radius 3 is 2.44 bits per heavy atom. The summed E-state index contributed by atoms with van der Waals surface area (Å²) in [6.07, 6.45) is 3.12. The Balaban J connectivity index is 1.66. The highest BCUT2D eigenvalue weighted by atomic mass is 16.6. The standard InChI is InChI=1S/C12H20N2O4/c15-7-8-18-12(17)13-10-3-5-14(6-4-10)11(16)9-1-2-9/h9-10,15H,1-8H2,(H,13,17). The zero-order chi connectivity index (χ0) is 13.0. The average molecular weight is 256 g/mol. The van der Waals surface area contributed by atoms with Gasteiger partial charge in [-0.3, -0.25) is 4.79 Å². The maximum atomic E-state index is 11.8. The molecule has 0 atom stereocenters. The molecule has 1 aliphatic carbocycles. The number of nitrogens with zero attached hydrogens (tertiary/aromatic N) is 1. The molecule has 2 amide bonds. The van der Waals surface area contributed by atoms with Gasteiger partial charge in [0.2, 0.25) is 5.91 Å². The van der Waals surface area contributed by atoms with Crippen molar-refractivity contribution in [1.29, 1.82) is 0 Å². The Morgan fingerprint density at radius 1 is 1.22 bits per heavy atom. The maximum Gasteiger partial charge on any atom is 0.407 e. The molecule has 6 nitrogen and oxygen atoms in total. The molecular formula is C12H20N2O4. The molecule has 6 heteroatoms. The molecule has 0 unspecified atom stereocenters. The first kappa shape index (κ1) is 13.1. The lowest BCUT2D eigenvalue weighted by molar-refractivity contribution is -0.133. The van der Waals surface area contributed by atoms with Crippen molar-refractivity contribution in [2.45, 2.75) is 31.7 Å². The summed E-state index contributed by atoms with van der Waals surface area (Å²) >= 11 is 0. The fourth-order valence-corrected chi connectivity index (χ4v) is 2.18. The molecule has 2 fully saturated rings. The summed E-state index contributed by atoms with van der Waals surface area (Å²) in [6.45, 7) is 1.27. The van der Waals surface area contributed by atoms with E-state index in [4.69, 9.17) is 9.84 Å². The van der Waals surface area contributed by atoms with Gasteiger partial charge in [0.25, 0.3) is 0 Å². The highest BCUT2D eigenvalue weighted by Gasteiger charge is 2.35. The van der Waals surface area contributed by atoms with Crippen LogP contribution in [0, 0.1) is 5.92 Å². The van der Waals surface area contributed by atoms with E-state index >= 15 is 0 Å². The van der Waals surface area contributed by atoms with E-state index in [0.29, 0.717) is 13.1 Å². The van der Waals surface area contributed by atoms with Gasteiger partial charge in [0.15, 0.2) is 0 Å². The van der Waals surface area contributed by atoms with E-state index in [0.717, 1.165) is 25.7 Å². The van der Waals surface area contributed by atoms with Gasteiger partial charge in [-0.05, 0) is 25.7 Å². The van der Waals surface area contributed by atoms with Crippen molar-refractivity contribution >= 4 is 12.0 Å². The van der Waals surface area contributed by atoms with Gasteiger partial charge < -0.3 is 20.1 Å². The summed E-state index contributed by atoms with van der Waals surface area (Å²) in [7, 11) is 0. The summed E-state index contributed by atoms with van der Waals surface area (Å²) in [5.74, 6) is 0.542. The quantitative estimate of drug-likeness (QED) is 0.748. The second-order valence-electron chi connectivity index (χ2n) is 4.88. The minimum Gasteiger partial charge on any atom is -0.447 e. The Bertz CT molecular complexity index is 309. The van der Waals surface area contributed by atoms with Crippen LogP contribution in [0.4, 0.5) is 4.79 Å². The van der Waals surface area contributed by atoms with Crippen LogP contribution >= 0.6 is 0 Å². The number of piperidine rings is 1. The lowest BCUT2D eigenvalue weighted by Crippen LogP contribution is -2.47. The first-order chi connectivity index (χ1) is 8.70. The Hall–Kier alpha value is -1.30. The lowest BCUT2D eigenvalue weighted by atomic mass is 10.0. The highest BCUT2D eigenvalue weighted by Crippen LogP contribution is 2.31. The molecule has 2 aliphatic rings. The Morgan fingerprint density at radius 2 is 1.89 bits per heavy atom. The van der Waals surface area contributed by atoms with Gasteiger partial charge in [0, 0.05) is 25.0 Å². The summed E-state index contributed by atoms with van der Waals surface area (Å²) in [4.78, 5) is 25.0. The second kappa shape index (κ2) is 6.04. The summed E-state index contributed by atoms with van der Waals surface area (Å²) in [5, 5.41) is 11.3. The van der Waals surface area contributed by atoms with Gasteiger partial charge >= 0.3 is 6.09 Å². The molecule has 1 aliphatic heterocycles. The molecule has 0 aromatic carbocycles. The number of likely N-dealkylation sites (tertiary alicyclic amines) is 1. The number of amides is 2. The predicted molar refractivity (Wildman–Crippen MR) is 63.9 cm³/mol. The fourth-order valence-electron chi connectivity index (χ4n) is 2.18. The highest BCUT2D eigenvalue weighted by molar-refractivity contribution is 5.81.